The summed E-state index contributed by atoms with van der Waals surface area (Å²) in [6, 6.07) is 11.3. The van der Waals surface area contributed by atoms with Gasteiger partial charge in [0, 0.05) is 12.6 Å². The second-order valence-electron chi connectivity index (χ2n) is 6.64. The Morgan fingerprint density at radius 2 is 1.59 bits per heavy atom. The second kappa shape index (κ2) is 11.0. The van der Waals surface area contributed by atoms with Crippen molar-refractivity contribution in [1.82, 2.24) is 5.32 Å². The Morgan fingerprint density at radius 1 is 0.931 bits per heavy atom. The van der Waals surface area contributed by atoms with Crippen LogP contribution < -0.4 is 24.3 Å². The normalized spacial score (nSPS) is 10.8. The van der Waals surface area contributed by atoms with E-state index in [-0.39, 0.29) is 12.0 Å². The Balaban J connectivity index is 1.90. The van der Waals surface area contributed by atoms with Gasteiger partial charge < -0.3 is 24.3 Å². The number of hydrogen-bond donors (Lipinski definition) is 1. The first kappa shape index (κ1) is 22.1. The Bertz CT molecular complexity index is 845. The molecule has 0 saturated heterocycles. The van der Waals surface area contributed by atoms with E-state index in [0.717, 1.165) is 11.1 Å². The number of rotatable bonds is 10. The number of nitrogens with one attached hydrogen (secondary N) is 1. The zero-order chi connectivity index (χ0) is 21.2. The standard InChI is InChI=1S/C23H29NO5/c1-16(2)29-20-10-7-17(14-22(20)28-5)8-11-23(25)24-13-12-18-6-9-19(26-3)21(15-18)27-4/h6-11,14-16H,12-13H2,1-5H3,(H,24,25)/b11-8+. The lowest BCUT2D eigenvalue weighted by atomic mass is 10.1. The average Bonchev–Trinajstić information content (AvgIpc) is 2.72. The van der Waals surface area contributed by atoms with Crippen molar-refractivity contribution in [3.05, 3.63) is 53.6 Å². The first-order chi connectivity index (χ1) is 14.0. The predicted octanol–water partition coefficient (Wildman–Crippen LogP) is 3.87. The lowest BCUT2D eigenvalue weighted by Gasteiger charge is -2.13. The van der Waals surface area contributed by atoms with Gasteiger partial charge in [-0.2, -0.15) is 0 Å². The summed E-state index contributed by atoms with van der Waals surface area (Å²) >= 11 is 0. The van der Waals surface area contributed by atoms with Crippen LogP contribution >= 0.6 is 0 Å². The highest BCUT2D eigenvalue weighted by atomic mass is 16.5. The number of amides is 1. The summed E-state index contributed by atoms with van der Waals surface area (Å²) in [5, 5.41) is 2.88. The summed E-state index contributed by atoms with van der Waals surface area (Å²) in [6.07, 6.45) is 4.00. The van der Waals surface area contributed by atoms with E-state index < -0.39 is 0 Å². The summed E-state index contributed by atoms with van der Waals surface area (Å²) < 4.78 is 21.6. The molecule has 6 heteroatoms. The van der Waals surface area contributed by atoms with E-state index in [4.69, 9.17) is 18.9 Å². The molecule has 0 aliphatic carbocycles. The molecule has 0 radical (unpaired) electrons. The fraction of sp³-hybridized carbons (Fsp3) is 0.348. The van der Waals surface area contributed by atoms with Crippen molar-refractivity contribution in [3.63, 3.8) is 0 Å². The fourth-order valence-corrected chi connectivity index (χ4v) is 2.74. The lowest BCUT2D eigenvalue weighted by molar-refractivity contribution is -0.116. The van der Waals surface area contributed by atoms with Crippen LogP contribution in [0.15, 0.2) is 42.5 Å². The quantitative estimate of drug-likeness (QED) is 0.615. The van der Waals surface area contributed by atoms with Crippen LogP contribution in [0.5, 0.6) is 23.0 Å². The van der Waals surface area contributed by atoms with Crippen LogP contribution in [0.2, 0.25) is 0 Å². The smallest absolute Gasteiger partial charge is 0.244 e. The number of ether oxygens (including phenoxy) is 4. The molecule has 0 spiro atoms. The summed E-state index contributed by atoms with van der Waals surface area (Å²) in [6.45, 7) is 4.43. The molecular weight excluding hydrogens is 370 g/mol. The van der Waals surface area contributed by atoms with Gasteiger partial charge >= 0.3 is 0 Å². The number of carbonyl (C=O) groups is 1. The zero-order valence-electron chi connectivity index (χ0n) is 17.7. The Morgan fingerprint density at radius 3 is 2.24 bits per heavy atom. The van der Waals surface area contributed by atoms with Gasteiger partial charge in [-0.1, -0.05) is 12.1 Å². The first-order valence-electron chi connectivity index (χ1n) is 9.48. The van der Waals surface area contributed by atoms with Crippen LogP contribution in [0.25, 0.3) is 6.08 Å². The zero-order valence-corrected chi connectivity index (χ0v) is 17.7. The molecule has 6 nitrogen and oxygen atoms in total. The van der Waals surface area contributed by atoms with Crippen LogP contribution in [0.1, 0.15) is 25.0 Å². The predicted molar refractivity (Wildman–Crippen MR) is 114 cm³/mol. The highest BCUT2D eigenvalue weighted by molar-refractivity contribution is 5.91. The Labute approximate surface area is 172 Å². The first-order valence-corrected chi connectivity index (χ1v) is 9.48. The van der Waals surface area contributed by atoms with Crippen LogP contribution in [-0.2, 0) is 11.2 Å². The fourth-order valence-electron chi connectivity index (χ4n) is 2.74. The largest absolute Gasteiger partial charge is 0.493 e. The van der Waals surface area contributed by atoms with Crippen molar-refractivity contribution < 1.29 is 23.7 Å². The van der Waals surface area contributed by atoms with Gasteiger partial charge in [0.1, 0.15) is 0 Å². The molecule has 0 saturated carbocycles. The third kappa shape index (κ3) is 6.75. The molecule has 0 unspecified atom stereocenters. The van der Waals surface area contributed by atoms with Gasteiger partial charge in [-0.25, -0.2) is 0 Å². The molecule has 2 rings (SSSR count). The highest BCUT2D eigenvalue weighted by Crippen LogP contribution is 2.29. The average molecular weight is 399 g/mol. The van der Waals surface area contributed by atoms with Gasteiger partial charge in [-0.15, -0.1) is 0 Å². The third-order valence-electron chi connectivity index (χ3n) is 4.14. The molecule has 0 aliphatic heterocycles. The molecule has 0 fully saturated rings. The molecule has 2 aromatic rings. The van der Waals surface area contributed by atoms with Crippen molar-refractivity contribution in [1.29, 1.82) is 0 Å². The van der Waals surface area contributed by atoms with Crippen molar-refractivity contribution in [2.45, 2.75) is 26.4 Å². The molecule has 1 N–H and O–H groups in total. The van der Waals surface area contributed by atoms with Crippen molar-refractivity contribution in [2.24, 2.45) is 0 Å². The maximum Gasteiger partial charge on any atom is 0.244 e. The van der Waals surface area contributed by atoms with Gasteiger partial charge in [0.25, 0.3) is 0 Å². The maximum atomic E-state index is 12.1. The van der Waals surface area contributed by atoms with Crippen molar-refractivity contribution in [3.8, 4) is 23.0 Å². The number of carbonyl (C=O) groups excluding carboxylic acids is 1. The van der Waals surface area contributed by atoms with Gasteiger partial charge in [-0.3, -0.25) is 4.79 Å². The van der Waals surface area contributed by atoms with Gasteiger partial charge in [0.15, 0.2) is 23.0 Å². The van der Waals surface area contributed by atoms with Crippen LogP contribution in [0, 0.1) is 0 Å². The highest BCUT2D eigenvalue weighted by Gasteiger charge is 2.07. The molecule has 0 bridgehead atoms. The van der Waals surface area contributed by atoms with Crippen molar-refractivity contribution in [2.75, 3.05) is 27.9 Å². The number of methoxy groups -OCH3 is 3. The second-order valence-corrected chi connectivity index (χ2v) is 6.64. The van der Waals surface area contributed by atoms with Gasteiger partial charge in [0.2, 0.25) is 5.91 Å². The van der Waals surface area contributed by atoms with Crippen LogP contribution in [0.3, 0.4) is 0 Å². The summed E-state index contributed by atoms with van der Waals surface area (Å²) in [4.78, 5) is 12.1. The molecule has 2 aromatic carbocycles. The number of hydrogen-bond acceptors (Lipinski definition) is 5. The molecule has 1 amide bonds. The van der Waals surface area contributed by atoms with E-state index in [9.17, 15) is 4.79 Å². The monoisotopic (exact) mass is 399 g/mol. The number of benzene rings is 2. The molecule has 0 atom stereocenters. The van der Waals surface area contributed by atoms with E-state index in [2.05, 4.69) is 5.32 Å². The summed E-state index contributed by atoms with van der Waals surface area (Å²) in [5.74, 6) is 2.51. The van der Waals surface area contributed by atoms with Gasteiger partial charge in [0.05, 0.1) is 27.4 Å². The third-order valence-corrected chi connectivity index (χ3v) is 4.14. The van der Waals surface area contributed by atoms with E-state index in [1.807, 2.05) is 50.2 Å². The molecule has 29 heavy (non-hydrogen) atoms. The Kier molecular flexibility index (Phi) is 8.40. The van der Waals surface area contributed by atoms with E-state index in [1.54, 1.807) is 27.4 Å². The van der Waals surface area contributed by atoms with E-state index in [0.29, 0.717) is 36.0 Å². The van der Waals surface area contributed by atoms with Crippen LogP contribution in [0.4, 0.5) is 0 Å². The molecular formula is C23H29NO5. The molecule has 156 valence electrons. The molecule has 0 aromatic heterocycles. The topological polar surface area (TPSA) is 66.0 Å². The minimum atomic E-state index is -0.160. The van der Waals surface area contributed by atoms with Gasteiger partial charge in [-0.05, 0) is 61.7 Å². The summed E-state index contributed by atoms with van der Waals surface area (Å²) in [5.41, 5.74) is 1.91. The summed E-state index contributed by atoms with van der Waals surface area (Å²) in [7, 11) is 4.80. The SMILES string of the molecule is COc1ccc(CCNC(=O)/C=C/c2ccc(OC(C)C)c(OC)c2)cc1OC. The maximum absolute atomic E-state index is 12.1. The molecule has 0 aliphatic rings. The van der Waals surface area contributed by atoms with E-state index >= 15 is 0 Å². The molecule has 0 heterocycles. The minimum Gasteiger partial charge on any atom is -0.493 e. The lowest BCUT2D eigenvalue weighted by Crippen LogP contribution is -2.23. The van der Waals surface area contributed by atoms with Crippen molar-refractivity contribution >= 4 is 12.0 Å². The minimum absolute atomic E-state index is 0.0572. The Hall–Kier alpha value is -3.15. The van der Waals surface area contributed by atoms with E-state index in [1.165, 1.54) is 6.08 Å². The van der Waals surface area contributed by atoms with Crippen LogP contribution in [-0.4, -0.2) is 39.9 Å².